The molecule has 0 spiro atoms. The molecule has 1 aromatic carbocycles. The zero-order chi connectivity index (χ0) is 18.9. The van der Waals surface area contributed by atoms with Crippen molar-refractivity contribution in [3.8, 4) is 5.75 Å². The van der Waals surface area contributed by atoms with Crippen LogP contribution in [-0.4, -0.2) is 60.3 Å². The highest BCUT2D eigenvalue weighted by Gasteiger charge is 2.19. The average molecular weight is 362 g/mol. The molecule has 1 fully saturated rings. The van der Waals surface area contributed by atoms with Gasteiger partial charge in [-0.1, -0.05) is 12.1 Å². The molecule has 0 bridgehead atoms. The Kier molecular flexibility index (Phi) is 7.04. The second-order valence-electron chi connectivity index (χ2n) is 5.62. The molecule has 2 heterocycles. The van der Waals surface area contributed by atoms with Crippen molar-refractivity contribution in [2.24, 2.45) is 0 Å². The molecule has 0 saturated carbocycles. The van der Waals surface area contributed by atoms with E-state index >= 15 is 0 Å². The van der Waals surface area contributed by atoms with Gasteiger partial charge in [0.15, 0.2) is 0 Å². The lowest BCUT2D eigenvalue weighted by Gasteiger charge is -2.36. The zero-order valence-electron chi connectivity index (χ0n) is 14.5. The SMILES string of the molecule is COc1ccccc1N1CCN(Cc2ccco2)CC1.O=C(O)C(=O)O. The van der Waals surface area contributed by atoms with Gasteiger partial charge in [-0.25, -0.2) is 9.59 Å². The number of ether oxygens (including phenoxy) is 1. The van der Waals surface area contributed by atoms with Crippen molar-refractivity contribution in [2.45, 2.75) is 6.54 Å². The number of methoxy groups -OCH3 is 1. The van der Waals surface area contributed by atoms with Crippen LogP contribution in [0.5, 0.6) is 5.75 Å². The number of para-hydroxylation sites is 2. The Labute approximate surface area is 151 Å². The summed E-state index contributed by atoms with van der Waals surface area (Å²) in [4.78, 5) is 23.0. The summed E-state index contributed by atoms with van der Waals surface area (Å²) in [5.74, 6) is -1.66. The molecule has 1 aliphatic heterocycles. The highest BCUT2D eigenvalue weighted by atomic mass is 16.5. The van der Waals surface area contributed by atoms with Crippen LogP contribution in [0.25, 0.3) is 0 Å². The molecular weight excluding hydrogens is 340 g/mol. The number of nitrogens with zero attached hydrogens (tertiary/aromatic N) is 2. The molecule has 0 aliphatic carbocycles. The van der Waals surface area contributed by atoms with E-state index in [1.54, 1.807) is 13.4 Å². The summed E-state index contributed by atoms with van der Waals surface area (Å²) < 4.78 is 10.8. The van der Waals surface area contributed by atoms with Gasteiger partial charge < -0.3 is 24.3 Å². The van der Waals surface area contributed by atoms with Crippen molar-refractivity contribution in [1.82, 2.24) is 4.90 Å². The van der Waals surface area contributed by atoms with Crippen molar-refractivity contribution < 1.29 is 29.0 Å². The number of benzene rings is 1. The summed E-state index contributed by atoms with van der Waals surface area (Å²) in [5.41, 5.74) is 1.19. The van der Waals surface area contributed by atoms with E-state index < -0.39 is 11.9 Å². The molecule has 0 atom stereocenters. The topological polar surface area (TPSA) is 103 Å². The number of hydrogen-bond donors (Lipinski definition) is 2. The molecule has 0 unspecified atom stereocenters. The average Bonchev–Trinajstić information content (AvgIpc) is 3.16. The van der Waals surface area contributed by atoms with Crippen LogP contribution >= 0.6 is 0 Å². The molecule has 140 valence electrons. The number of carbonyl (C=O) groups is 2. The summed E-state index contributed by atoms with van der Waals surface area (Å²) in [6.07, 6.45) is 1.74. The summed E-state index contributed by atoms with van der Waals surface area (Å²) >= 11 is 0. The fourth-order valence-electron chi connectivity index (χ4n) is 2.66. The summed E-state index contributed by atoms with van der Waals surface area (Å²) in [5, 5.41) is 14.8. The molecule has 2 aromatic rings. The molecule has 8 nitrogen and oxygen atoms in total. The third-order valence-electron chi connectivity index (χ3n) is 3.94. The number of hydrogen-bond acceptors (Lipinski definition) is 6. The lowest BCUT2D eigenvalue weighted by Crippen LogP contribution is -2.46. The largest absolute Gasteiger partial charge is 0.495 e. The fourth-order valence-corrected chi connectivity index (χ4v) is 2.66. The van der Waals surface area contributed by atoms with Crippen LogP contribution in [0.1, 0.15) is 5.76 Å². The van der Waals surface area contributed by atoms with Gasteiger partial charge in [-0.3, -0.25) is 4.90 Å². The molecule has 3 rings (SSSR count). The minimum absolute atomic E-state index is 0.896. The Balaban J connectivity index is 0.000000352. The maximum absolute atomic E-state index is 9.10. The van der Waals surface area contributed by atoms with E-state index in [1.165, 1.54) is 5.69 Å². The van der Waals surface area contributed by atoms with Crippen LogP contribution in [-0.2, 0) is 16.1 Å². The molecule has 1 aliphatic rings. The van der Waals surface area contributed by atoms with Crippen molar-refractivity contribution in [3.05, 3.63) is 48.4 Å². The maximum atomic E-state index is 9.10. The first-order valence-electron chi connectivity index (χ1n) is 8.10. The van der Waals surface area contributed by atoms with Crippen LogP contribution in [0.4, 0.5) is 5.69 Å². The quantitative estimate of drug-likeness (QED) is 0.793. The van der Waals surface area contributed by atoms with Crippen molar-refractivity contribution in [2.75, 3.05) is 38.2 Å². The summed E-state index contributed by atoms with van der Waals surface area (Å²) in [6, 6.07) is 12.2. The number of furan rings is 1. The van der Waals surface area contributed by atoms with E-state index in [1.807, 2.05) is 24.3 Å². The number of carboxylic acids is 2. The van der Waals surface area contributed by atoms with Gasteiger partial charge in [0.25, 0.3) is 0 Å². The van der Waals surface area contributed by atoms with Crippen LogP contribution < -0.4 is 9.64 Å². The van der Waals surface area contributed by atoms with E-state index in [0.29, 0.717) is 0 Å². The van der Waals surface area contributed by atoms with Crippen molar-refractivity contribution in [3.63, 3.8) is 0 Å². The summed E-state index contributed by atoms with van der Waals surface area (Å²) in [7, 11) is 1.73. The van der Waals surface area contributed by atoms with E-state index in [4.69, 9.17) is 29.0 Å². The van der Waals surface area contributed by atoms with Gasteiger partial charge in [-0.05, 0) is 24.3 Å². The Morgan fingerprint density at radius 3 is 2.23 bits per heavy atom. The highest BCUT2D eigenvalue weighted by molar-refractivity contribution is 6.27. The molecule has 0 radical (unpaired) electrons. The first kappa shape index (κ1) is 19.3. The van der Waals surface area contributed by atoms with Gasteiger partial charge in [-0.15, -0.1) is 0 Å². The van der Waals surface area contributed by atoms with E-state index in [-0.39, 0.29) is 0 Å². The molecule has 1 aromatic heterocycles. The van der Waals surface area contributed by atoms with Gasteiger partial charge in [0.2, 0.25) is 0 Å². The number of rotatable bonds is 4. The van der Waals surface area contributed by atoms with Gasteiger partial charge in [0, 0.05) is 26.2 Å². The van der Waals surface area contributed by atoms with Gasteiger partial charge >= 0.3 is 11.9 Å². The van der Waals surface area contributed by atoms with Gasteiger partial charge in [-0.2, -0.15) is 0 Å². The maximum Gasteiger partial charge on any atom is 0.414 e. The van der Waals surface area contributed by atoms with E-state index in [0.717, 1.165) is 44.2 Å². The summed E-state index contributed by atoms with van der Waals surface area (Å²) in [6.45, 7) is 5.01. The molecule has 26 heavy (non-hydrogen) atoms. The number of aliphatic carboxylic acids is 2. The third-order valence-corrected chi connectivity index (χ3v) is 3.94. The Morgan fingerprint density at radius 1 is 1.04 bits per heavy atom. The smallest absolute Gasteiger partial charge is 0.414 e. The molecular formula is C18H22N2O6. The minimum Gasteiger partial charge on any atom is -0.495 e. The Morgan fingerprint density at radius 2 is 1.69 bits per heavy atom. The molecule has 0 amide bonds. The normalized spacial score (nSPS) is 14.3. The highest BCUT2D eigenvalue weighted by Crippen LogP contribution is 2.28. The second kappa shape index (κ2) is 9.47. The van der Waals surface area contributed by atoms with Crippen LogP contribution in [0.15, 0.2) is 47.1 Å². The second-order valence-corrected chi connectivity index (χ2v) is 5.62. The first-order valence-corrected chi connectivity index (χ1v) is 8.10. The number of piperazine rings is 1. The number of anilines is 1. The van der Waals surface area contributed by atoms with Crippen molar-refractivity contribution in [1.29, 1.82) is 0 Å². The first-order chi connectivity index (χ1) is 12.5. The van der Waals surface area contributed by atoms with Gasteiger partial charge in [0.05, 0.1) is 25.6 Å². The third kappa shape index (κ3) is 5.52. The monoisotopic (exact) mass is 362 g/mol. The predicted molar refractivity (Wildman–Crippen MR) is 94.5 cm³/mol. The lowest BCUT2D eigenvalue weighted by atomic mass is 10.2. The zero-order valence-corrected chi connectivity index (χ0v) is 14.5. The molecule has 2 N–H and O–H groups in total. The number of carboxylic acid groups (broad SMARTS) is 2. The Bertz CT molecular complexity index is 696. The van der Waals surface area contributed by atoms with E-state index in [2.05, 4.69) is 21.9 Å². The van der Waals surface area contributed by atoms with Crippen LogP contribution in [0.3, 0.4) is 0 Å². The standard InChI is InChI=1S/C16H20N2O2.C2H2O4/c1-19-16-7-3-2-6-15(16)18-10-8-17(9-11-18)13-14-5-4-12-20-14;3-1(4)2(5)6/h2-7,12H,8-11,13H2,1H3;(H,3,4)(H,5,6). The van der Waals surface area contributed by atoms with Gasteiger partial charge in [0.1, 0.15) is 11.5 Å². The predicted octanol–water partition coefficient (Wildman–Crippen LogP) is 1.77. The Hall–Kier alpha value is -3.00. The molecule has 1 saturated heterocycles. The lowest BCUT2D eigenvalue weighted by molar-refractivity contribution is -0.159. The molecule has 8 heteroatoms. The van der Waals surface area contributed by atoms with E-state index in [9.17, 15) is 0 Å². The fraction of sp³-hybridized carbons (Fsp3) is 0.333. The van der Waals surface area contributed by atoms with Crippen LogP contribution in [0, 0.1) is 0 Å². The van der Waals surface area contributed by atoms with Crippen LogP contribution in [0.2, 0.25) is 0 Å². The van der Waals surface area contributed by atoms with Crippen molar-refractivity contribution >= 4 is 17.6 Å². The minimum atomic E-state index is -1.82.